The van der Waals surface area contributed by atoms with Gasteiger partial charge in [-0.2, -0.15) is 0 Å². The van der Waals surface area contributed by atoms with Gasteiger partial charge < -0.3 is 0 Å². The van der Waals surface area contributed by atoms with Crippen LogP contribution in [0, 0.1) is 0 Å². The van der Waals surface area contributed by atoms with E-state index in [-0.39, 0.29) is 5.91 Å². The third-order valence-corrected chi connectivity index (χ3v) is 3.45. The molecule has 2 aliphatic rings. The van der Waals surface area contributed by atoms with Gasteiger partial charge in [-0.1, -0.05) is 41.3 Å². The molecule has 0 aromatic heterocycles. The predicted molar refractivity (Wildman–Crippen MR) is 67.6 cm³/mol. The Balaban J connectivity index is 2.11. The monoisotopic (exact) mass is 228 g/mol. The fourth-order valence-corrected chi connectivity index (χ4v) is 2.58. The predicted octanol–water partition coefficient (Wildman–Crippen LogP) is 1.47. The molecule has 0 bridgehead atoms. The highest BCUT2D eigenvalue weighted by atomic mass is 32.1. The number of hydrogen-bond donors (Lipinski definition) is 0. The average Bonchev–Trinajstić information content (AvgIpc) is 2.69. The van der Waals surface area contributed by atoms with E-state index < -0.39 is 0 Å². The van der Waals surface area contributed by atoms with Gasteiger partial charge in [0.2, 0.25) is 0 Å². The van der Waals surface area contributed by atoms with Gasteiger partial charge in [0.05, 0.1) is 0 Å². The lowest BCUT2D eigenvalue weighted by atomic mass is 10.1. The number of aliphatic imine (C=N–C) groups is 1. The molecule has 2 aliphatic heterocycles. The quantitative estimate of drug-likeness (QED) is 0.670. The lowest BCUT2D eigenvalue weighted by molar-refractivity contribution is -0.118. The summed E-state index contributed by atoms with van der Waals surface area (Å²) in [6.45, 7) is 0. The Bertz CT molecular complexity index is 580. The normalized spacial score (nSPS) is 17.8. The van der Waals surface area contributed by atoms with Crippen molar-refractivity contribution in [3.8, 4) is 0 Å². The summed E-state index contributed by atoms with van der Waals surface area (Å²) in [7, 11) is 1.42. The lowest BCUT2D eigenvalue weighted by Crippen LogP contribution is -2.32. The second kappa shape index (κ2) is 3.57. The van der Waals surface area contributed by atoms with E-state index in [9.17, 15) is 4.79 Å². The second-order valence-corrected chi connectivity index (χ2v) is 4.35. The standard InChI is InChI=1S/C12H8N2OS/c15-11-10(9-5-2-1-3-6-9)16-12-13-7-4-8-14(11)12/h1-8H. The number of nitrogens with zero attached hydrogens (tertiary/aromatic N) is 2. The van der Waals surface area contributed by atoms with Crippen LogP contribution in [0.3, 0.4) is 0 Å². The summed E-state index contributed by atoms with van der Waals surface area (Å²) in [6.07, 6.45) is 5.20. The SMILES string of the molecule is O=C1C(c2ccccc2)=S=C2N=CC=CN12. The number of carbonyl (C=O) groups excluding carboxylic acids is 1. The van der Waals surface area contributed by atoms with E-state index in [1.54, 1.807) is 23.4 Å². The number of amides is 1. The zero-order valence-electron chi connectivity index (χ0n) is 8.33. The summed E-state index contributed by atoms with van der Waals surface area (Å²) in [5.74, 6) is -0.000648. The average molecular weight is 228 g/mol. The molecule has 0 saturated carbocycles. The Morgan fingerprint density at radius 2 is 2.00 bits per heavy atom. The van der Waals surface area contributed by atoms with Crippen molar-refractivity contribution < 1.29 is 4.79 Å². The Kier molecular flexibility index (Phi) is 2.08. The highest BCUT2D eigenvalue weighted by molar-refractivity contribution is 8.00. The molecule has 0 fully saturated rings. The van der Waals surface area contributed by atoms with Crippen LogP contribution in [-0.4, -0.2) is 27.0 Å². The Hall–Kier alpha value is -1.94. The number of benzene rings is 1. The maximum absolute atomic E-state index is 12.1. The van der Waals surface area contributed by atoms with Crippen molar-refractivity contribution in [2.24, 2.45) is 4.99 Å². The minimum absolute atomic E-state index is 0.000648. The van der Waals surface area contributed by atoms with Crippen molar-refractivity contribution in [1.82, 2.24) is 4.90 Å². The molecule has 1 aromatic carbocycles. The topological polar surface area (TPSA) is 32.7 Å². The molecule has 0 N–H and O–H groups in total. The van der Waals surface area contributed by atoms with Crippen LogP contribution in [0.25, 0.3) is 0 Å². The molecule has 78 valence electrons. The third-order valence-electron chi connectivity index (χ3n) is 2.35. The first-order valence-electron chi connectivity index (χ1n) is 4.88. The fourth-order valence-electron chi connectivity index (χ4n) is 1.60. The summed E-state index contributed by atoms with van der Waals surface area (Å²) < 4.78 is 0. The van der Waals surface area contributed by atoms with Crippen molar-refractivity contribution in [3.05, 3.63) is 48.2 Å². The van der Waals surface area contributed by atoms with Gasteiger partial charge in [-0.3, -0.25) is 9.69 Å². The summed E-state index contributed by atoms with van der Waals surface area (Å²) >= 11 is 0. The van der Waals surface area contributed by atoms with Crippen LogP contribution in [0.1, 0.15) is 5.56 Å². The number of rotatable bonds is 1. The van der Waals surface area contributed by atoms with E-state index in [1.165, 1.54) is 10.9 Å². The minimum atomic E-state index is -0.000648. The molecule has 1 amide bonds. The molecule has 0 aliphatic carbocycles. The number of hydrogen-bond acceptors (Lipinski definition) is 2. The van der Waals surface area contributed by atoms with Crippen molar-refractivity contribution >= 4 is 33.0 Å². The first-order valence-corrected chi connectivity index (χ1v) is 5.69. The maximum Gasteiger partial charge on any atom is 0.274 e. The van der Waals surface area contributed by atoms with Crippen molar-refractivity contribution in [2.45, 2.75) is 0 Å². The Morgan fingerprint density at radius 1 is 1.19 bits per heavy atom. The summed E-state index contributed by atoms with van der Waals surface area (Å²) in [5.41, 5.74) is 0.947. The molecule has 0 atom stereocenters. The van der Waals surface area contributed by atoms with Crippen LogP contribution in [0.4, 0.5) is 0 Å². The van der Waals surface area contributed by atoms with Gasteiger partial charge in [-0.05, 0) is 11.6 Å². The van der Waals surface area contributed by atoms with Crippen LogP contribution in [0.5, 0.6) is 0 Å². The van der Waals surface area contributed by atoms with Crippen LogP contribution in [0.2, 0.25) is 0 Å². The largest absolute Gasteiger partial charge is 0.274 e. The summed E-state index contributed by atoms with van der Waals surface area (Å²) in [6, 6.07) is 9.67. The van der Waals surface area contributed by atoms with Gasteiger partial charge in [0.25, 0.3) is 5.91 Å². The van der Waals surface area contributed by atoms with E-state index in [2.05, 4.69) is 4.99 Å². The van der Waals surface area contributed by atoms with Gasteiger partial charge in [0.1, 0.15) is 4.86 Å². The molecule has 0 spiro atoms. The zero-order chi connectivity index (χ0) is 11.0. The highest BCUT2D eigenvalue weighted by Crippen LogP contribution is 2.16. The molecule has 16 heavy (non-hydrogen) atoms. The van der Waals surface area contributed by atoms with E-state index >= 15 is 0 Å². The van der Waals surface area contributed by atoms with Gasteiger partial charge in [-0.25, -0.2) is 4.99 Å². The molecule has 0 radical (unpaired) electrons. The van der Waals surface area contributed by atoms with Gasteiger partial charge in [-0.15, -0.1) is 0 Å². The van der Waals surface area contributed by atoms with Crippen LogP contribution in [0.15, 0.2) is 47.6 Å². The molecule has 4 heteroatoms. The van der Waals surface area contributed by atoms with E-state index in [4.69, 9.17) is 0 Å². The number of allylic oxidation sites excluding steroid dienone is 1. The number of fused-ring (bicyclic) bond motifs is 1. The summed E-state index contributed by atoms with van der Waals surface area (Å²) in [4.78, 5) is 18.5. The summed E-state index contributed by atoms with van der Waals surface area (Å²) in [5, 5.41) is 0.728. The first kappa shape index (κ1) is 9.30. The minimum Gasteiger partial charge on any atom is -0.267 e. The first-order chi connectivity index (χ1) is 7.86. The smallest absolute Gasteiger partial charge is 0.267 e. The molecule has 3 rings (SSSR count). The Morgan fingerprint density at radius 3 is 2.75 bits per heavy atom. The van der Waals surface area contributed by atoms with E-state index in [0.717, 1.165) is 15.5 Å². The highest BCUT2D eigenvalue weighted by Gasteiger charge is 2.27. The fraction of sp³-hybridized carbons (Fsp3) is 0. The molecule has 2 heterocycles. The van der Waals surface area contributed by atoms with Gasteiger partial charge in [0, 0.05) is 12.4 Å². The van der Waals surface area contributed by atoms with Gasteiger partial charge in [0.15, 0.2) is 5.11 Å². The van der Waals surface area contributed by atoms with Crippen molar-refractivity contribution in [2.75, 3.05) is 0 Å². The van der Waals surface area contributed by atoms with Gasteiger partial charge >= 0.3 is 0 Å². The molecule has 1 aromatic rings. The molecule has 3 nitrogen and oxygen atoms in total. The molecule has 0 saturated heterocycles. The van der Waals surface area contributed by atoms with Crippen LogP contribution in [-0.2, 0) is 4.79 Å². The third kappa shape index (κ3) is 1.35. The van der Waals surface area contributed by atoms with Crippen LogP contribution >= 0.6 is 10.9 Å². The lowest BCUT2D eigenvalue weighted by Gasteiger charge is -2.13. The zero-order valence-corrected chi connectivity index (χ0v) is 9.15. The Labute approximate surface area is 96.3 Å². The molecular weight excluding hydrogens is 220 g/mol. The second-order valence-electron chi connectivity index (χ2n) is 3.37. The molecule has 0 unspecified atom stereocenters. The van der Waals surface area contributed by atoms with Crippen LogP contribution < -0.4 is 0 Å². The maximum atomic E-state index is 12.1. The number of carbonyl (C=O) groups is 1. The molecular formula is C12H8N2OS. The van der Waals surface area contributed by atoms with Crippen molar-refractivity contribution in [1.29, 1.82) is 0 Å². The van der Waals surface area contributed by atoms with E-state index in [1.807, 2.05) is 30.3 Å². The van der Waals surface area contributed by atoms with Crippen molar-refractivity contribution in [3.63, 3.8) is 0 Å². The van der Waals surface area contributed by atoms with E-state index in [0.29, 0.717) is 0 Å².